The summed E-state index contributed by atoms with van der Waals surface area (Å²) in [5.74, 6) is 0.491. The van der Waals surface area contributed by atoms with Gasteiger partial charge >= 0.3 is 6.09 Å². The second-order valence-electron chi connectivity index (χ2n) is 8.13. The first kappa shape index (κ1) is 30.1. The summed E-state index contributed by atoms with van der Waals surface area (Å²) in [6.45, 7) is 10.2. The fourth-order valence-corrected chi connectivity index (χ4v) is 3.64. The van der Waals surface area contributed by atoms with Crippen LogP contribution in [-0.2, 0) is 19.5 Å². The van der Waals surface area contributed by atoms with E-state index in [4.69, 9.17) is 9.47 Å². The maximum atomic E-state index is 12.2. The Hall–Kier alpha value is -0.860. The number of aliphatic imine (C=N–C) groups is 1. The number of ether oxygens (including phenoxy) is 2. The Morgan fingerprint density at radius 1 is 1.16 bits per heavy atom. The van der Waals surface area contributed by atoms with Crippen LogP contribution in [0.25, 0.3) is 0 Å². The molecule has 1 unspecified atom stereocenters. The van der Waals surface area contributed by atoms with Crippen molar-refractivity contribution < 1.29 is 22.7 Å². The molecule has 1 amide bonds. The van der Waals surface area contributed by atoms with Crippen molar-refractivity contribution in [2.45, 2.75) is 65.1 Å². The number of nitrogens with zero attached hydrogens (tertiary/aromatic N) is 1. The number of guanidine groups is 1. The Morgan fingerprint density at radius 2 is 1.90 bits per heavy atom. The number of sulfonamides is 1. The second-order valence-corrected chi connectivity index (χ2v) is 10.1. The minimum absolute atomic E-state index is 0. The standard InChI is InChI=1S/C19H39N5O5S.HI/c1-5-20-17(21-10-8-11-23-18(25)29-19(2,3)4)22-12-14-30(26,27)24-15-16-9-6-7-13-28-16;/h16,24H,5-15H2,1-4H3,(H,23,25)(H2,20,21,22);1H. The van der Waals surface area contributed by atoms with Crippen LogP contribution in [-0.4, -0.2) is 77.3 Å². The maximum Gasteiger partial charge on any atom is 0.407 e. The van der Waals surface area contributed by atoms with Gasteiger partial charge in [-0.1, -0.05) is 0 Å². The number of hydrogen-bond donors (Lipinski definition) is 4. The number of alkyl carbamates (subject to hydrolysis) is 1. The van der Waals surface area contributed by atoms with Crippen molar-refractivity contribution in [1.29, 1.82) is 0 Å². The zero-order valence-corrected chi connectivity index (χ0v) is 22.3. The highest BCUT2D eigenvalue weighted by Crippen LogP contribution is 2.11. The molecular formula is C19H40IN5O5S. The average molecular weight is 578 g/mol. The number of halogens is 1. The molecule has 1 heterocycles. The van der Waals surface area contributed by atoms with Crippen molar-refractivity contribution in [2.75, 3.05) is 45.1 Å². The molecule has 10 nitrogen and oxygen atoms in total. The van der Waals surface area contributed by atoms with Crippen LogP contribution in [0.15, 0.2) is 4.99 Å². The molecule has 1 saturated heterocycles. The normalized spacial score (nSPS) is 17.4. The molecule has 1 rings (SSSR count). The number of nitrogens with one attached hydrogen (secondary N) is 4. The smallest absolute Gasteiger partial charge is 0.407 e. The van der Waals surface area contributed by atoms with Gasteiger partial charge in [-0.25, -0.2) is 17.9 Å². The topological polar surface area (TPSA) is 130 Å². The molecule has 0 aromatic rings. The molecule has 12 heteroatoms. The van der Waals surface area contributed by atoms with Gasteiger partial charge in [0.25, 0.3) is 0 Å². The van der Waals surface area contributed by atoms with E-state index in [0.717, 1.165) is 19.3 Å². The number of carbonyl (C=O) groups is 1. The minimum atomic E-state index is -3.38. The summed E-state index contributed by atoms with van der Waals surface area (Å²) in [4.78, 5) is 16.0. The molecule has 0 bridgehead atoms. The first-order valence-corrected chi connectivity index (χ1v) is 12.3. The van der Waals surface area contributed by atoms with Crippen LogP contribution in [0.4, 0.5) is 4.79 Å². The average Bonchev–Trinajstić information content (AvgIpc) is 2.65. The van der Waals surface area contributed by atoms with Gasteiger partial charge in [-0.3, -0.25) is 4.99 Å². The number of amides is 1. The Morgan fingerprint density at radius 3 is 2.52 bits per heavy atom. The van der Waals surface area contributed by atoms with Crippen LogP contribution in [0.1, 0.15) is 53.4 Å². The lowest BCUT2D eigenvalue weighted by Crippen LogP contribution is -2.42. The molecular weight excluding hydrogens is 537 g/mol. The van der Waals surface area contributed by atoms with Crippen LogP contribution >= 0.6 is 24.0 Å². The van der Waals surface area contributed by atoms with E-state index >= 15 is 0 Å². The van der Waals surface area contributed by atoms with Gasteiger partial charge in [0.15, 0.2) is 5.96 Å². The van der Waals surface area contributed by atoms with Crippen molar-refractivity contribution in [3.05, 3.63) is 0 Å². The van der Waals surface area contributed by atoms with Crippen LogP contribution in [0.2, 0.25) is 0 Å². The van der Waals surface area contributed by atoms with Crippen molar-refractivity contribution in [1.82, 2.24) is 20.7 Å². The summed E-state index contributed by atoms with van der Waals surface area (Å²) in [5.41, 5.74) is -0.525. The Bertz CT molecular complexity index is 634. The summed E-state index contributed by atoms with van der Waals surface area (Å²) < 4.78 is 37.6. The summed E-state index contributed by atoms with van der Waals surface area (Å²) in [5, 5.41) is 8.78. The van der Waals surface area contributed by atoms with E-state index in [1.807, 2.05) is 27.7 Å². The summed E-state index contributed by atoms with van der Waals surface area (Å²) in [6.07, 6.45) is 3.15. The fourth-order valence-electron chi connectivity index (χ4n) is 2.68. The third-order valence-corrected chi connectivity index (χ3v) is 5.43. The molecule has 1 atom stereocenters. The molecule has 4 N–H and O–H groups in total. The number of rotatable bonds is 11. The summed E-state index contributed by atoms with van der Waals surface area (Å²) >= 11 is 0. The van der Waals surface area contributed by atoms with Gasteiger partial charge in [0.05, 0.1) is 11.9 Å². The molecule has 0 saturated carbocycles. The molecule has 0 aliphatic carbocycles. The summed E-state index contributed by atoms with van der Waals surface area (Å²) in [6, 6.07) is 0. The molecule has 0 spiro atoms. The van der Waals surface area contributed by atoms with E-state index < -0.39 is 21.7 Å². The Labute approximate surface area is 204 Å². The number of carbonyl (C=O) groups excluding carboxylic acids is 1. The van der Waals surface area contributed by atoms with E-state index in [9.17, 15) is 13.2 Å². The van der Waals surface area contributed by atoms with Crippen molar-refractivity contribution >= 4 is 46.1 Å². The lowest BCUT2D eigenvalue weighted by molar-refractivity contribution is 0.0200. The first-order valence-electron chi connectivity index (χ1n) is 10.7. The van der Waals surface area contributed by atoms with Crippen LogP contribution in [0.3, 0.4) is 0 Å². The lowest BCUT2D eigenvalue weighted by atomic mass is 10.1. The van der Waals surface area contributed by atoms with E-state index in [1.54, 1.807) is 0 Å². The van der Waals surface area contributed by atoms with E-state index in [2.05, 4.69) is 25.7 Å². The van der Waals surface area contributed by atoms with Crippen molar-refractivity contribution in [3.8, 4) is 0 Å². The quantitative estimate of drug-likeness (QED) is 0.127. The molecule has 1 fully saturated rings. The highest BCUT2D eigenvalue weighted by atomic mass is 127. The summed E-state index contributed by atoms with van der Waals surface area (Å²) in [7, 11) is -3.38. The molecule has 0 aromatic carbocycles. The molecule has 0 aromatic heterocycles. The highest BCUT2D eigenvalue weighted by molar-refractivity contribution is 14.0. The molecule has 1 aliphatic rings. The van der Waals surface area contributed by atoms with Gasteiger partial charge in [0, 0.05) is 39.3 Å². The number of hydrogen-bond acceptors (Lipinski definition) is 6. The molecule has 184 valence electrons. The Kier molecular flexibility index (Phi) is 15.4. The predicted octanol–water partition coefficient (Wildman–Crippen LogP) is 1.56. The van der Waals surface area contributed by atoms with Crippen LogP contribution in [0.5, 0.6) is 0 Å². The molecule has 0 radical (unpaired) electrons. The van der Waals surface area contributed by atoms with Gasteiger partial charge in [0.2, 0.25) is 10.0 Å². The highest BCUT2D eigenvalue weighted by Gasteiger charge is 2.18. The Balaban J connectivity index is 0.00000900. The van der Waals surface area contributed by atoms with E-state index in [1.165, 1.54) is 0 Å². The fraction of sp³-hybridized carbons (Fsp3) is 0.895. The maximum absolute atomic E-state index is 12.2. The van der Waals surface area contributed by atoms with Gasteiger partial charge in [-0.05, 0) is 53.4 Å². The van der Waals surface area contributed by atoms with E-state index in [-0.39, 0.29) is 42.4 Å². The molecule has 31 heavy (non-hydrogen) atoms. The zero-order valence-electron chi connectivity index (χ0n) is 19.2. The van der Waals surface area contributed by atoms with Crippen molar-refractivity contribution in [2.24, 2.45) is 4.99 Å². The van der Waals surface area contributed by atoms with Crippen molar-refractivity contribution in [3.63, 3.8) is 0 Å². The monoisotopic (exact) mass is 577 g/mol. The van der Waals surface area contributed by atoms with Gasteiger partial charge in [-0.15, -0.1) is 24.0 Å². The lowest BCUT2D eigenvalue weighted by Gasteiger charge is -2.22. The van der Waals surface area contributed by atoms with Gasteiger partial charge in [0.1, 0.15) is 5.60 Å². The predicted molar refractivity (Wildman–Crippen MR) is 134 cm³/mol. The molecule has 1 aliphatic heterocycles. The largest absolute Gasteiger partial charge is 0.444 e. The third-order valence-electron chi connectivity index (χ3n) is 4.09. The van der Waals surface area contributed by atoms with E-state index in [0.29, 0.717) is 45.2 Å². The van der Waals surface area contributed by atoms with Crippen LogP contribution in [0, 0.1) is 0 Å². The minimum Gasteiger partial charge on any atom is -0.444 e. The zero-order chi connectivity index (χ0) is 22.5. The first-order chi connectivity index (χ1) is 14.1. The second kappa shape index (κ2) is 15.9. The SMILES string of the molecule is CCNC(=NCCCNC(=O)OC(C)(C)C)NCCS(=O)(=O)NCC1CCCCO1.I. The van der Waals surface area contributed by atoms with Gasteiger partial charge in [-0.2, -0.15) is 0 Å². The third kappa shape index (κ3) is 16.4. The van der Waals surface area contributed by atoms with Crippen LogP contribution < -0.4 is 20.7 Å². The van der Waals surface area contributed by atoms with Gasteiger partial charge < -0.3 is 25.4 Å².